The van der Waals surface area contributed by atoms with E-state index in [0.717, 1.165) is 0 Å². The van der Waals surface area contributed by atoms with Gasteiger partial charge in [-0.2, -0.15) is 0 Å². The van der Waals surface area contributed by atoms with Crippen LogP contribution < -0.4 is 10.1 Å². The van der Waals surface area contributed by atoms with Crippen molar-refractivity contribution in [1.29, 1.82) is 0 Å². The molecule has 0 atom stereocenters. The first kappa shape index (κ1) is 18.9. The van der Waals surface area contributed by atoms with Gasteiger partial charge in [-0.25, -0.2) is 14.0 Å². The van der Waals surface area contributed by atoms with Gasteiger partial charge < -0.3 is 19.5 Å². The maximum atomic E-state index is 12.7. The van der Waals surface area contributed by atoms with Crippen molar-refractivity contribution in [1.82, 2.24) is 0 Å². The molecule has 0 aliphatic carbocycles. The number of rotatable bonds is 7. The summed E-state index contributed by atoms with van der Waals surface area (Å²) in [5.74, 6) is -1.90. The van der Waals surface area contributed by atoms with E-state index in [0.29, 0.717) is 17.0 Å². The first-order valence-electron chi connectivity index (χ1n) is 7.50. The Morgan fingerprint density at radius 2 is 1.62 bits per heavy atom. The van der Waals surface area contributed by atoms with E-state index in [1.165, 1.54) is 55.6 Å². The molecule has 0 spiro atoms. The lowest BCUT2D eigenvalue weighted by atomic mass is 10.2. The summed E-state index contributed by atoms with van der Waals surface area (Å²) in [4.78, 5) is 34.6. The van der Waals surface area contributed by atoms with Crippen LogP contribution in [0.25, 0.3) is 0 Å². The fourth-order valence-corrected chi connectivity index (χ4v) is 1.87. The van der Waals surface area contributed by atoms with Gasteiger partial charge in [-0.05, 0) is 48.5 Å². The number of amides is 1. The van der Waals surface area contributed by atoms with Gasteiger partial charge in [0.25, 0.3) is 5.91 Å². The van der Waals surface area contributed by atoms with Crippen molar-refractivity contribution < 1.29 is 33.0 Å². The summed E-state index contributed by atoms with van der Waals surface area (Å²) in [6, 6.07) is 11.1. The van der Waals surface area contributed by atoms with Gasteiger partial charge in [0.1, 0.15) is 11.6 Å². The van der Waals surface area contributed by atoms with Crippen molar-refractivity contribution in [2.24, 2.45) is 0 Å². The lowest BCUT2D eigenvalue weighted by Gasteiger charge is -2.08. The number of ether oxygens (including phenoxy) is 3. The van der Waals surface area contributed by atoms with E-state index in [1.54, 1.807) is 0 Å². The predicted octanol–water partition coefficient (Wildman–Crippen LogP) is 2.17. The summed E-state index contributed by atoms with van der Waals surface area (Å²) < 4.78 is 27.2. The fraction of sp³-hybridized carbons (Fsp3) is 0.167. The number of hydrogen-bond donors (Lipinski definition) is 1. The molecule has 0 saturated heterocycles. The highest BCUT2D eigenvalue weighted by molar-refractivity contribution is 5.94. The Hall–Kier alpha value is -3.42. The second-order valence-corrected chi connectivity index (χ2v) is 5.02. The van der Waals surface area contributed by atoms with Crippen LogP contribution in [0, 0.1) is 5.82 Å². The number of esters is 2. The summed E-state index contributed by atoms with van der Waals surface area (Å²) in [5.41, 5.74) is 0.774. The van der Waals surface area contributed by atoms with Crippen LogP contribution >= 0.6 is 0 Å². The third-order valence-corrected chi connectivity index (χ3v) is 3.12. The topological polar surface area (TPSA) is 90.9 Å². The standard InChI is InChI=1S/C18H16FNO6/c1-24-18(23)12-2-6-14(7-3-12)20-16(21)10-26-17(22)11-25-15-8-4-13(19)5-9-15/h2-9H,10-11H2,1H3,(H,20,21). The molecule has 2 rings (SSSR count). The Morgan fingerprint density at radius 3 is 2.23 bits per heavy atom. The molecule has 26 heavy (non-hydrogen) atoms. The van der Waals surface area contributed by atoms with Crippen LogP contribution in [0.3, 0.4) is 0 Å². The Labute approximate surface area is 148 Å². The molecule has 7 nitrogen and oxygen atoms in total. The van der Waals surface area contributed by atoms with Gasteiger partial charge in [-0.15, -0.1) is 0 Å². The number of hydrogen-bond acceptors (Lipinski definition) is 6. The Bertz CT molecular complexity index is 773. The zero-order chi connectivity index (χ0) is 18.9. The first-order chi connectivity index (χ1) is 12.5. The molecule has 8 heteroatoms. The summed E-state index contributed by atoms with van der Waals surface area (Å²) in [6.07, 6.45) is 0. The van der Waals surface area contributed by atoms with Crippen molar-refractivity contribution in [3.05, 3.63) is 59.9 Å². The van der Waals surface area contributed by atoms with E-state index in [2.05, 4.69) is 10.1 Å². The predicted molar refractivity (Wildman–Crippen MR) is 89.3 cm³/mol. The maximum Gasteiger partial charge on any atom is 0.344 e. The average molecular weight is 361 g/mol. The highest BCUT2D eigenvalue weighted by Crippen LogP contribution is 2.11. The van der Waals surface area contributed by atoms with Gasteiger partial charge in [0, 0.05) is 5.69 Å². The molecule has 0 saturated carbocycles. The Balaban J connectivity index is 1.73. The lowest BCUT2D eigenvalue weighted by molar-refractivity contribution is -0.149. The summed E-state index contributed by atoms with van der Waals surface area (Å²) >= 11 is 0. The Morgan fingerprint density at radius 1 is 0.962 bits per heavy atom. The van der Waals surface area contributed by atoms with Gasteiger partial charge in [0.2, 0.25) is 0 Å². The van der Waals surface area contributed by atoms with Crippen LogP contribution in [0.2, 0.25) is 0 Å². The molecule has 2 aromatic rings. The number of nitrogens with one attached hydrogen (secondary N) is 1. The van der Waals surface area contributed by atoms with E-state index >= 15 is 0 Å². The molecule has 1 amide bonds. The smallest absolute Gasteiger partial charge is 0.344 e. The van der Waals surface area contributed by atoms with Gasteiger partial charge >= 0.3 is 11.9 Å². The highest BCUT2D eigenvalue weighted by Gasteiger charge is 2.10. The summed E-state index contributed by atoms with van der Waals surface area (Å²) in [7, 11) is 1.27. The van der Waals surface area contributed by atoms with E-state index < -0.39 is 36.9 Å². The molecule has 0 heterocycles. The van der Waals surface area contributed by atoms with Crippen molar-refractivity contribution in [2.45, 2.75) is 0 Å². The van der Waals surface area contributed by atoms with Gasteiger partial charge in [-0.1, -0.05) is 0 Å². The SMILES string of the molecule is COC(=O)c1ccc(NC(=O)COC(=O)COc2ccc(F)cc2)cc1. The van der Waals surface area contributed by atoms with Crippen molar-refractivity contribution in [3.8, 4) is 5.75 Å². The maximum absolute atomic E-state index is 12.7. The zero-order valence-electron chi connectivity index (χ0n) is 13.9. The molecule has 0 aromatic heterocycles. The van der Waals surface area contributed by atoms with Crippen molar-refractivity contribution in [2.75, 3.05) is 25.6 Å². The van der Waals surface area contributed by atoms with Crippen LogP contribution in [0.4, 0.5) is 10.1 Å². The molecular weight excluding hydrogens is 345 g/mol. The normalized spacial score (nSPS) is 9.92. The second-order valence-electron chi connectivity index (χ2n) is 5.02. The molecule has 1 N–H and O–H groups in total. The molecular formula is C18H16FNO6. The monoisotopic (exact) mass is 361 g/mol. The molecule has 0 unspecified atom stereocenters. The molecule has 2 aromatic carbocycles. The molecule has 0 fully saturated rings. The van der Waals surface area contributed by atoms with E-state index in [4.69, 9.17) is 9.47 Å². The van der Waals surface area contributed by atoms with E-state index in [-0.39, 0.29) is 0 Å². The summed E-state index contributed by atoms with van der Waals surface area (Å²) in [5, 5.41) is 2.51. The number of benzene rings is 2. The molecule has 136 valence electrons. The first-order valence-corrected chi connectivity index (χ1v) is 7.50. The average Bonchev–Trinajstić information content (AvgIpc) is 2.66. The second kappa shape index (κ2) is 9.16. The molecule has 0 aliphatic heterocycles. The minimum atomic E-state index is -0.745. The zero-order valence-corrected chi connectivity index (χ0v) is 13.9. The number of methoxy groups -OCH3 is 1. The van der Waals surface area contributed by atoms with Gasteiger partial charge in [-0.3, -0.25) is 4.79 Å². The number of carbonyl (C=O) groups excluding carboxylic acids is 3. The van der Waals surface area contributed by atoms with Crippen LogP contribution in [0.15, 0.2) is 48.5 Å². The number of halogens is 1. The lowest BCUT2D eigenvalue weighted by Crippen LogP contribution is -2.23. The van der Waals surface area contributed by atoms with E-state index in [1.807, 2.05) is 0 Å². The highest BCUT2D eigenvalue weighted by atomic mass is 19.1. The molecule has 0 bridgehead atoms. The van der Waals surface area contributed by atoms with Gasteiger partial charge in [0.05, 0.1) is 12.7 Å². The van der Waals surface area contributed by atoms with Crippen LogP contribution in [0.1, 0.15) is 10.4 Å². The van der Waals surface area contributed by atoms with Crippen LogP contribution in [-0.2, 0) is 19.1 Å². The van der Waals surface area contributed by atoms with E-state index in [9.17, 15) is 18.8 Å². The fourth-order valence-electron chi connectivity index (χ4n) is 1.87. The Kier molecular flexibility index (Phi) is 6.67. The third-order valence-electron chi connectivity index (χ3n) is 3.12. The number of anilines is 1. The van der Waals surface area contributed by atoms with Crippen molar-refractivity contribution >= 4 is 23.5 Å². The molecule has 0 aliphatic rings. The third kappa shape index (κ3) is 5.90. The van der Waals surface area contributed by atoms with Gasteiger partial charge in [0.15, 0.2) is 13.2 Å². The quantitative estimate of drug-likeness (QED) is 0.760. The minimum absolute atomic E-state index is 0.304. The van der Waals surface area contributed by atoms with Crippen LogP contribution in [-0.4, -0.2) is 38.2 Å². The largest absolute Gasteiger partial charge is 0.482 e. The minimum Gasteiger partial charge on any atom is -0.482 e. The number of carbonyl (C=O) groups is 3. The molecule has 0 radical (unpaired) electrons. The summed E-state index contributed by atoms with van der Waals surface area (Å²) in [6.45, 7) is -0.906. The van der Waals surface area contributed by atoms with Crippen LogP contribution in [0.5, 0.6) is 5.75 Å². The van der Waals surface area contributed by atoms with Crippen molar-refractivity contribution in [3.63, 3.8) is 0 Å².